The number of Topliss-reactive ketones (excluding diaryl/α,β-unsaturated/α-hetero) is 1. The van der Waals surface area contributed by atoms with Crippen LogP contribution < -0.4 is 5.11 Å². The molecule has 1 aliphatic rings. The fraction of sp³-hybridized carbons (Fsp3) is 0.818. The van der Waals surface area contributed by atoms with E-state index in [4.69, 9.17) is 0 Å². The first kappa shape index (κ1) is 11.2. The Morgan fingerprint density at radius 2 is 1.71 bits per heavy atom. The molecule has 3 nitrogen and oxygen atoms in total. The van der Waals surface area contributed by atoms with Gasteiger partial charge < -0.3 is 9.90 Å². The number of carboxylic acids is 1. The van der Waals surface area contributed by atoms with Crippen molar-refractivity contribution in [2.45, 2.75) is 45.4 Å². The summed E-state index contributed by atoms with van der Waals surface area (Å²) in [5, 5.41) is 10.2. The van der Waals surface area contributed by atoms with Crippen molar-refractivity contribution < 1.29 is 14.7 Å². The molecule has 0 aromatic heterocycles. The van der Waals surface area contributed by atoms with Gasteiger partial charge in [0.1, 0.15) is 5.78 Å². The van der Waals surface area contributed by atoms with Crippen molar-refractivity contribution in [1.29, 1.82) is 0 Å². The molecule has 0 N–H and O–H groups in total. The SMILES string of the molecule is CC1CCC(C(=O)CCC(=O)[O-])CC1. The van der Waals surface area contributed by atoms with Gasteiger partial charge in [-0.25, -0.2) is 0 Å². The summed E-state index contributed by atoms with van der Waals surface area (Å²) in [5.74, 6) is -0.172. The van der Waals surface area contributed by atoms with Gasteiger partial charge in [0.2, 0.25) is 0 Å². The van der Waals surface area contributed by atoms with E-state index in [0.29, 0.717) is 0 Å². The quantitative estimate of drug-likeness (QED) is 0.673. The molecule has 0 spiro atoms. The third-order valence-corrected chi connectivity index (χ3v) is 3.05. The van der Waals surface area contributed by atoms with Crippen LogP contribution in [-0.2, 0) is 9.59 Å². The molecule has 0 aliphatic heterocycles. The first-order chi connectivity index (χ1) is 6.59. The van der Waals surface area contributed by atoms with Gasteiger partial charge in [-0.15, -0.1) is 0 Å². The van der Waals surface area contributed by atoms with Crippen LogP contribution >= 0.6 is 0 Å². The number of carboxylic acid groups (broad SMARTS) is 1. The predicted molar refractivity (Wildman–Crippen MR) is 50.4 cm³/mol. The minimum atomic E-state index is -1.12. The van der Waals surface area contributed by atoms with Crippen LogP contribution in [-0.4, -0.2) is 11.8 Å². The van der Waals surface area contributed by atoms with Gasteiger partial charge in [-0.05, 0) is 25.2 Å². The molecule has 0 amide bonds. The zero-order valence-corrected chi connectivity index (χ0v) is 8.62. The lowest BCUT2D eigenvalue weighted by Gasteiger charge is -2.25. The zero-order valence-electron chi connectivity index (χ0n) is 8.62. The lowest BCUT2D eigenvalue weighted by molar-refractivity contribution is -0.305. The lowest BCUT2D eigenvalue weighted by atomic mass is 9.80. The van der Waals surface area contributed by atoms with Crippen molar-refractivity contribution in [1.82, 2.24) is 0 Å². The number of hydrogen-bond acceptors (Lipinski definition) is 3. The van der Waals surface area contributed by atoms with Crippen molar-refractivity contribution in [3.05, 3.63) is 0 Å². The number of ketones is 1. The van der Waals surface area contributed by atoms with E-state index in [0.717, 1.165) is 31.6 Å². The van der Waals surface area contributed by atoms with Gasteiger partial charge in [-0.3, -0.25) is 4.79 Å². The molecule has 80 valence electrons. The van der Waals surface area contributed by atoms with Crippen LogP contribution in [0.25, 0.3) is 0 Å². The van der Waals surface area contributed by atoms with Gasteiger partial charge in [0.15, 0.2) is 0 Å². The van der Waals surface area contributed by atoms with E-state index in [1.165, 1.54) is 0 Å². The van der Waals surface area contributed by atoms with Gasteiger partial charge in [0, 0.05) is 18.3 Å². The maximum Gasteiger partial charge on any atom is 0.136 e. The third-order valence-electron chi connectivity index (χ3n) is 3.05. The second-order valence-electron chi connectivity index (χ2n) is 4.30. The molecule has 0 atom stereocenters. The van der Waals surface area contributed by atoms with Gasteiger partial charge >= 0.3 is 0 Å². The number of hydrogen-bond donors (Lipinski definition) is 0. The summed E-state index contributed by atoms with van der Waals surface area (Å²) >= 11 is 0. The number of carbonyl (C=O) groups excluding carboxylic acids is 2. The van der Waals surface area contributed by atoms with Gasteiger partial charge in [0.05, 0.1) is 0 Å². The average Bonchev–Trinajstić information content (AvgIpc) is 2.15. The smallest absolute Gasteiger partial charge is 0.136 e. The molecule has 14 heavy (non-hydrogen) atoms. The Labute approximate surface area is 84.5 Å². The molecule has 0 saturated heterocycles. The second kappa shape index (κ2) is 5.13. The fourth-order valence-electron chi connectivity index (χ4n) is 2.01. The Balaban J connectivity index is 2.27. The molecule has 3 heteroatoms. The summed E-state index contributed by atoms with van der Waals surface area (Å²) in [6.45, 7) is 2.20. The largest absolute Gasteiger partial charge is 0.550 e. The highest BCUT2D eigenvalue weighted by molar-refractivity contribution is 5.84. The number of aliphatic carboxylic acids is 1. The van der Waals surface area contributed by atoms with Gasteiger partial charge in [-0.2, -0.15) is 0 Å². The summed E-state index contributed by atoms with van der Waals surface area (Å²) < 4.78 is 0. The van der Waals surface area contributed by atoms with E-state index in [-0.39, 0.29) is 24.5 Å². The molecule has 1 saturated carbocycles. The summed E-state index contributed by atoms with van der Waals surface area (Å²) in [6.07, 6.45) is 4.11. The van der Waals surface area contributed by atoms with Crippen molar-refractivity contribution in [3.63, 3.8) is 0 Å². The molecule has 0 radical (unpaired) electrons. The van der Waals surface area contributed by atoms with E-state index in [2.05, 4.69) is 6.92 Å². The highest BCUT2D eigenvalue weighted by Crippen LogP contribution is 2.29. The maximum atomic E-state index is 11.5. The number of carbonyl (C=O) groups is 2. The highest BCUT2D eigenvalue weighted by atomic mass is 16.4. The van der Waals surface area contributed by atoms with Crippen LogP contribution in [0.4, 0.5) is 0 Å². The van der Waals surface area contributed by atoms with Crippen LogP contribution in [0.2, 0.25) is 0 Å². The standard InChI is InChI=1S/C11H18O3/c1-8-2-4-9(5-3-8)10(12)6-7-11(13)14/h8-9H,2-7H2,1H3,(H,13,14)/p-1. The van der Waals surface area contributed by atoms with Crippen LogP contribution in [0.3, 0.4) is 0 Å². The molecular formula is C11H17O3-. The van der Waals surface area contributed by atoms with E-state index >= 15 is 0 Å². The molecule has 0 heterocycles. The van der Waals surface area contributed by atoms with E-state index in [1.54, 1.807) is 0 Å². The summed E-state index contributed by atoms with van der Waals surface area (Å²) in [7, 11) is 0. The molecule has 0 aromatic rings. The summed E-state index contributed by atoms with van der Waals surface area (Å²) in [6, 6.07) is 0. The van der Waals surface area contributed by atoms with E-state index in [1.807, 2.05) is 0 Å². The Kier molecular flexibility index (Phi) is 4.11. The molecular weight excluding hydrogens is 180 g/mol. The minimum absolute atomic E-state index is 0.112. The first-order valence-corrected chi connectivity index (χ1v) is 5.32. The predicted octanol–water partition coefficient (Wildman–Crippen LogP) is 0.912. The van der Waals surface area contributed by atoms with Crippen molar-refractivity contribution in [3.8, 4) is 0 Å². The van der Waals surface area contributed by atoms with Crippen LogP contribution in [0.15, 0.2) is 0 Å². The zero-order chi connectivity index (χ0) is 10.6. The van der Waals surface area contributed by atoms with E-state index < -0.39 is 5.97 Å². The Morgan fingerprint density at radius 1 is 1.14 bits per heavy atom. The van der Waals surface area contributed by atoms with Crippen molar-refractivity contribution >= 4 is 11.8 Å². The van der Waals surface area contributed by atoms with Crippen LogP contribution in [0, 0.1) is 11.8 Å². The lowest BCUT2D eigenvalue weighted by Crippen LogP contribution is -2.26. The van der Waals surface area contributed by atoms with Gasteiger partial charge in [-0.1, -0.05) is 19.8 Å². The van der Waals surface area contributed by atoms with Gasteiger partial charge in [0.25, 0.3) is 0 Å². The highest BCUT2D eigenvalue weighted by Gasteiger charge is 2.23. The maximum absolute atomic E-state index is 11.5. The molecule has 1 aliphatic carbocycles. The van der Waals surface area contributed by atoms with Crippen LogP contribution in [0.1, 0.15) is 45.4 Å². The first-order valence-electron chi connectivity index (χ1n) is 5.32. The summed E-state index contributed by atoms with van der Waals surface area (Å²) in [4.78, 5) is 21.7. The normalized spacial score (nSPS) is 27.2. The Hall–Kier alpha value is -0.860. The molecule has 0 unspecified atom stereocenters. The molecule has 0 aromatic carbocycles. The topological polar surface area (TPSA) is 57.2 Å². The van der Waals surface area contributed by atoms with E-state index in [9.17, 15) is 14.7 Å². The Morgan fingerprint density at radius 3 is 2.21 bits per heavy atom. The van der Waals surface area contributed by atoms with Crippen LogP contribution in [0.5, 0.6) is 0 Å². The number of rotatable bonds is 4. The average molecular weight is 197 g/mol. The fourth-order valence-corrected chi connectivity index (χ4v) is 2.01. The second-order valence-corrected chi connectivity index (χ2v) is 4.30. The minimum Gasteiger partial charge on any atom is -0.550 e. The van der Waals surface area contributed by atoms with Crippen molar-refractivity contribution in [2.75, 3.05) is 0 Å². The summed E-state index contributed by atoms with van der Waals surface area (Å²) in [5.41, 5.74) is 0. The molecule has 1 fully saturated rings. The molecule has 0 bridgehead atoms. The monoisotopic (exact) mass is 197 g/mol. The molecule has 1 rings (SSSR count). The van der Waals surface area contributed by atoms with Crippen molar-refractivity contribution in [2.24, 2.45) is 11.8 Å². The Bertz CT molecular complexity index is 215. The third kappa shape index (κ3) is 3.48.